The molecular formula is C34H47FN4. The van der Waals surface area contributed by atoms with E-state index in [-0.39, 0.29) is 11.7 Å². The largest absolute Gasteiger partial charge is 0.333 e. The van der Waals surface area contributed by atoms with Gasteiger partial charge in [-0.15, -0.1) is 0 Å². The fourth-order valence-electron chi connectivity index (χ4n) is 6.52. The Morgan fingerprint density at radius 3 is 2.51 bits per heavy atom. The number of benzene rings is 2. The van der Waals surface area contributed by atoms with Crippen molar-refractivity contribution in [1.82, 2.24) is 10.3 Å². The maximum atomic E-state index is 13.8. The van der Waals surface area contributed by atoms with E-state index < -0.39 is 0 Å². The van der Waals surface area contributed by atoms with E-state index in [0.717, 1.165) is 41.8 Å². The number of aromatic nitrogens is 1. The highest BCUT2D eigenvalue weighted by Gasteiger charge is 2.45. The second-order valence-corrected chi connectivity index (χ2v) is 11.8. The summed E-state index contributed by atoms with van der Waals surface area (Å²) < 4.78 is 13.8. The summed E-state index contributed by atoms with van der Waals surface area (Å²) in [5, 5.41) is 6.01. The van der Waals surface area contributed by atoms with Gasteiger partial charge in [0.2, 0.25) is 0 Å². The fourth-order valence-corrected chi connectivity index (χ4v) is 6.52. The lowest BCUT2D eigenvalue weighted by Gasteiger charge is -2.45. The zero-order valence-electron chi connectivity index (χ0n) is 24.4. The molecule has 3 N–H and O–H groups in total. The van der Waals surface area contributed by atoms with Crippen LogP contribution in [0, 0.1) is 17.2 Å². The summed E-state index contributed by atoms with van der Waals surface area (Å²) in [6.45, 7) is 9.89. The van der Waals surface area contributed by atoms with Gasteiger partial charge in [0, 0.05) is 35.9 Å². The van der Waals surface area contributed by atoms with Crippen LogP contribution in [0.1, 0.15) is 88.6 Å². The molecule has 2 aromatic carbocycles. The van der Waals surface area contributed by atoms with E-state index in [1.165, 1.54) is 75.1 Å². The van der Waals surface area contributed by atoms with Gasteiger partial charge in [-0.25, -0.2) is 4.39 Å². The topological polar surface area (TPSA) is 63.3 Å². The van der Waals surface area contributed by atoms with Gasteiger partial charge < -0.3 is 11.1 Å². The number of nitrogens with zero attached hydrogens (tertiary/aromatic N) is 2. The van der Waals surface area contributed by atoms with E-state index in [1.54, 1.807) is 12.1 Å². The van der Waals surface area contributed by atoms with Crippen molar-refractivity contribution < 1.29 is 4.39 Å². The third-order valence-corrected chi connectivity index (χ3v) is 8.45. The van der Waals surface area contributed by atoms with Crippen molar-refractivity contribution in [2.24, 2.45) is 22.1 Å². The minimum absolute atomic E-state index is 0.208. The number of nitrogens with two attached hydrogens (primary N) is 1. The zero-order valence-corrected chi connectivity index (χ0v) is 24.4. The first-order chi connectivity index (χ1) is 19.0. The number of nitrogens with one attached hydrogen (secondary N) is 1. The molecule has 1 aliphatic heterocycles. The van der Waals surface area contributed by atoms with Gasteiger partial charge in [0.25, 0.3) is 0 Å². The van der Waals surface area contributed by atoms with Crippen LogP contribution < -0.4 is 11.1 Å². The molecule has 1 aliphatic carbocycles. The van der Waals surface area contributed by atoms with Crippen LogP contribution in [0.15, 0.2) is 47.5 Å². The third kappa shape index (κ3) is 6.93. The van der Waals surface area contributed by atoms with E-state index in [2.05, 4.69) is 50.0 Å². The normalized spacial score (nSPS) is 20.5. The van der Waals surface area contributed by atoms with Crippen molar-refractivity contribution in [3.63, 3.8) is 0 Å². The molecule has 0 atom stereocenters. The number of fused-ring (bicyclic) bond motifs is 1. The number of rotatable bonds is 10. The molecule has 4 nitrogen and oxygen atoms in total. The van der Waals surface area contributed by atoms with Crippen LogP contribution >= 0.6 is 0 Å². The van der Waals surface area contributed by atoms with Gasteiger partial charge in [0.1, 0.15) is 5.82 Å². The number of unbranched alkanes of at least 4 members (excludes halogenated alkanes) is 3. The van der Waals surface area contributed by atoms with Crippen LogP contribution in [-0.2, 0) is 6.42 Å². The first kappa shape index (κ1) is 29.4. The number of halogens is 1. The first-order valence-corrected chi connectivity index (χ1v) is 15.0. The van der Waals surface area contributed by atoms with Gasteiger partial charge >= 0.3 is 0 Å². The molecule has 1 spiro atoms. The van der Waals surface area contributed by atoms with Gasteiger partial charge in [-0.1, -0.05) is 64.3 Å². The second kappa shape index (κ2) is 13.6. The van der Waals surface area contributed by atoms with Crippen LogP contribution in [0.4, 0.5) is 4.39 Å². The Hall–Kier alpha value is -2.63. The fraction of sp³-hybridized carbons (Fsp3) is 0.529. The van der Waals surface area contributed by atoms with Gasteiger partial charge in [-0.3, -0.25) is 9.98 Å². The monoisotopic (exact) mass is 530 g/mol. The molecule has 210 valence electrons. The van der Waals surface area contributed by atoms with Crippen LogP contribution in [-0.4, -0.2) is 37.9 Å². The Kier molecular flexibility index (Phi) is 10.3. The summed E-state index contributed by atoms with van der Waals surface area (Å²) in [6.07, 6.45) is 11.9. The van der Waals surface area contributed by atoms with Crippen LogP contribution in [0.5, 0.6) is 0 Å². The Labute approximate surface area is 234 Å². The molecule has 5 heteroatoms. The number of hydrogen-bond acceptors (Lipinski definition) is 4. The lowest BCUT2D eigenvalue weighted by atomic mass is 9.60. The molecule has 0 bridgehead atoms. The van der Waals surface area contributed by atoms with Gasteiger partial charge in [0.05, 0.1) is 5.69 Å². The van der Waals surface area contributed by atoms with E-state index in [4.69, 9.17) is 9.98 Å². The van der Waals surface area contributed by atoms with Crippen LogP contribution in [0.2, 0.25) is 0 Å². The minimum Gasteiger partial charge on any atom is -0.333 e. The summed E-state index contributed by atoms with van der Waals surface area (Å²) in [6, 6.07) is 13.6. The maximum absolute atomic E-state index is 13.8. The van der Waals surface area contributed by atoms with Gasteiger partial charge in [0.15, 0.2) is 0 Å². The molecule has 2 heterocycles. The standard InChI is InChI=1S/C33H42FN3.CH5N/c1-4-5-6-7-15-35-21-24-8-13-28-29(17-24)31(26-9-11-27(34)12-10-26)32(23(2)3)37-30(28)18-25-19-33(20-25)14-16-36-22-33;1-2/h8-13,17,21,23,25,36H,4-7,14-16,18-20,22H2,1-3H3;2H2,1H3. The Balaban J connectivity index is 0.00000172. The van der Waals surface area contributed by atoms with E-state index in [9.17, 15) is 4.39 Å². The highest BCUT2D eigenvalue weighted by molar-refractivity contribution is 6.01. The van der Waals surface area contributed by atoms with Crippen molar-refractivity contribution in [3.8, 4) is 11.1 Å². The van der Waals surface area contributed by atoms with E-state index in [0.29, 0.717) is 11.3 Å². The summed E-state index contributed by atoms with van der Waals surface area (Å²) in [5.41, 5.74) is 10.7. The van der Waals surface area contributed by atoms with Crippen molar-refractivity contribution in [3.05, 3.63) is 65.2 Å². The highest BCUT2D eigenvalue weighted by Crippen LogP contribution is 2.51. The Morgan fingerprint density at radius 2 is 1.85 bits per heavy atom. The van der Waals surface area contributed by atoms with Crippen LogP contribution in [0.25, 0.3) is 21.9 Å². The third-order valence-electron chi connectivity index (χ3n) is 8.45. The summed E-state index contributed by atoms with van der Waals surface area (Å²) in [5.74, 6) is 0.766. The summed E-state index contributed by atoms with van der Waals surface area (Å²) in [7, 11) is 1.50. The van der Waals surface area contributed by atoms with E-state index >= 15 is 0 Å². The van der Waals surface area contributed by atoms with Crippen molar-refractivity contribution in [2.45, 2.75) is 78.1 Å². The molecule has 5 rings (SSSR count). The van der Waals surface area contributed by atoms with Crippen LogP contribution in [0.3, 0.4) is 0 Å². The Morgan fingerprint density at radius 1 is 1.08 bits per heavy atom. The Bertz CT molecular complexity index is 1230. The number of hydrogen-bond donors (Lipinski definition) is 2. The predicted octanol–water partition coefficient (Wildman–Crippen LogP) is 7.67. The number of aliphatic imine (C=N–C) groups is 1. The highest BCUT2D eigenvalue weighted by atomic mass is 19.1. The molecule has 1 saturated heterocycles. The lowest BCUT2D eigenvalue weighted by molar-refractivity contribution is 0.0765. The molecule has 1 aromatic heterocycles. The SMILES string of the molecule is CCCCCCN=Cc1ccc2c(CC3CC4(CCNC4)C3)nc(C(C)C)c(-c3ccc(F)cc3)c2c1.CN. The minimum atomic E-state index is -0.208. The molecule has 2 aliphatic rings. The molecule has 39 heavy (non-hydrogen) atoms. The molecular weight excluding hydrogens is 483 g/mol. The summed E-state index contributed by atoms with van der Waals surface area (Å²) >= 11 is 0. The molecule has 2 fully saturated rings. The molecule has 3 aromatic rings. The maximum Gasteiger partial charge on any atom is 0.123 e. The summed E-state index contributed by atoms with van der Waals surface area (Å²) in [4.78, 5) is 10.1. The molecule has 0 amide bonds. The van der Waals surface area contributed by atoms with Crippen molar-refractivity contribution in [1.29, 1.82) is 0 Å². The predicted molar refractivity (Wildman–Crippen MR) is 164 cm³/mol. The molecule has 0 radical (unpaired) electrons. The van der Waals surface area contributed by atoms with Gasteiger partial charge in [-0.2, -0.15) is 0 Å². The quantitative estimate of drug-likeness (QED) is 0.209. The van der Waals surface area contributed by atoms with Crippen molar-refractivity contribution in [2.75, 3.05) is 26.7 Å². The number of pyridine rings is 1. The lowest BCUT2D eigenvalue weighted by Crippen LogP contribution is -2.40. The molecule has 0 unspecified atom stereocenters. The smallest absolute Gasteiger partial charge is 0.123 e. The molecule has 1 saturated carbocycles. The van der Waals surface area contributed by atoms with E-state index in [1.807, 2.05) is 18.3 Å². The van der Waals surface area contributed by atoms with Crippen molar-refractivity contribution >= 4 is 17.0 Å². The second-order valence-electron chi connectivity index (χ2n) is 11.8. The first-order valence-electron chi connectivity index (χ1n) is 15.0. The van der Waals surface area contributed by atoms with Gasteiger partial charge in [-0.05, 0) is 97.7 Å². The average molecular weight is 531 g/mol. The zero-order chi connectivity index (χ0) is 27.8. The average Bonchev–Trinajstić information content (AvgIpc) is 3.42.